The van der Waals surface area contributed by atoms with Gasteiger partial charge in [-0.3, -0.25) is 0 Å². The smallest absolute Gasteiger partial charge is 0.0172 e. The minimum absolute atomic E-state index is 0.564. The molecule has 0 nitrogen and oxygen atoms in total. The van der Waals surface area contributed by atoms with Gasteiger partial charge >= 0.3 is 0 Å². The maximum absolute atomic E-state index is 4.42. The number of hydrogen-bond acceptors (Lipinski definition) is 0. The molecule has 0 amide bonds. The molecule has 3 aliphatic rings. The van der Waals surface area contributed by atoms with E-state index < -0.39 is 0 Å². The summed E-state index contributed by atoms with van der Waals surface area (Å²) in [7, 11) is 0. The molecule has 3 aliphatic carbocycles. The Morgan fingerprint density at radius 1 is 1.00 bits per heavy atom. The highest BCUT2D eigenvalue weighted by atomic mass is 14.6. The highest BCUT2D eigenvalue weighted by Crippen LogP contribution is 2.67. The maximum atomic E-state index is 4.42. The van der Waals surface area contributed by atoms with Crippen LogP contribution in [0.3, 0.4) is 0 Å². The Morgan fingerprint density at radius 3 is 2.41 bits per heavy atom. The van der Waals surface area contributed by atoms with E-state index in [2.05, 4.69) is 34.3 Å². The average molecular weight is 232 g/mol. The van der Waals surface area contributed by atoms with Crippen molar-refractivity contribution in [1.82, 2.24) is 0 Å². The lowest BCUT2D eigenvalue weighted by atomic mass is 9.72. The van der Waals surface area contributed by atoms with Gasteiger partial charge in [-0.1, -0.05) is 39.8 Å². The van der Waals surface area contributed by atoms with Gasteiger partial charge in [0.1, 0.15) is 0 Å². The van der Waals surface area contributed by atoms with Crippen LogP contribution in [0.5, 0.6) is 0 Å². The van der Waals surface area contributed by atoms with Crippen LogP contribution >= 0.6 is 0 Å². The van der Waals surface area contributed by atoms with Crippen molar-refractivity contribution in [3.8, 4) is 0 Å². The third kappa shape index (κ3) is 1.63. The molecule has 0 radical (unpaired) electrons. The SMILES string of the molecule is C=C1CCC2C(CC3C1CCC3(C)C)C2(C)C. The first-order chi connectivity index (χ1) is 7.84. The van der Waals surface area contributed by atoms with Crippen molar-refractivity contribution in [2.24, 2.45) is 34.5 Å². The van der Waals surface area contributed by atoms with E-state index >= 15 is 0 Å². The van der Waals surface area contributed by atoms with Crippen LogP contribution in [-0.4, -0.2) is 0 Å². The highest BCUT2D eigenvalue weighted by molar-refractivity contribution is 5.16. The zero-order chi connectivity index (χ0) is 12.4. The second kappa shape index (κ2) is 3.39. The van der Waals surface area contributed by atoms with Gasteiger partial charge in [0, 0.05) is 0 Å². The van der Waals surface area contributed by atoms with Crippen molar-refractivity contribution in [3.63, 3.8) is 0 Å². The summed E-state index contributed by atoms with van der Waals surface area (Å²) < 4.78 is 0. The van der Waals surface area contributed by atoms with Crippen LogP contribution in [0.1, 0.15) is 59.8 Å². The van der Waals surface area contributed by atoms with Crippen molar-refractivity contribution in [1.29, 1.82) is 0 Å². The van der Waals surface area contributed by atoms with Crippen LogP contribution in [0, 0.1) is 34.5 Å². The molecule has 0 spiro atoms. The lowest BCUT2D eigenvalue weighted by molar-refractivity contribution is 0.194. The van der Waals surface area contributed by atoms with E-state index in [1.54, 1.807) is 5.57 Å². The quantitative estimate of drug-likeness (QED) is 0.513. The Kier molecular flexibility index (Phi) is 2.36. The fourth-order valence-electron chi connectivity index (χ4n) is 5.13. The molecule has 0 aromatic heterocycles. The van der Waals surface area contributed by atoms with Crippen LogP contribution in [-0.2, 0) is 0 Å². The minimum Gasteiger partial charge on any atom is -0.0996 e. The first-order valence-corrected chi connectivity index (χ1v) is 7.52. The topological polar surface area (TPSA) is 0 Å². The van der Waals surface area contributed by atoms with Gasteiger partial charge in [-0.2, -0.15) is 0 Å². The molecule has 0 saturated heterocycles. The van der Waals surface area contributed by atoms with Crippen molar-refractivity contribution in [2.45, 2.75) is 59.8 Å². The van der Waals surface area contributed by atoms with Crippen LogP contribution < -0.4 is 0 Å². The van der Waals surface area contributed by atoms with E-state index in [9.17, 15) is 0 Å². The van der Waals surface area contributed by atoms with Gasteiger partial charge in [-0.25, -0.2) is 0 Å². The summed E-state index contributed by atoms with van der Waals surface area (Å²) in [6.45, 7) is 14.4. The standard InChI is InChI=1S/C17H28/c1-11-6-7-13-15(17(13,4)5)10-14-12(11)8-9-16(14,2)3/h12-15H,1,6-10H2,2-5H3. The fraction of sp³-hybridized carbons (Fsp3) is 0.882. The monoisotopic (exact) mass is 232 g/mol. The van der Waals surface area contributed by atoms with Crippen LogP contribution in [0.25, 0.3) is 0 Å². The molecule has 3 rings (SSSR count). The van der Waals surface area contributed by atoms with Gasteiger partial charge in [0.2, 0.25) is 0 Å². The summed E-state index contributed by atoms with van der Waals surface area (Å²) in [5, 5.41) is 0. The zero-order valence-electron chi connectivity index (χ0n) is 12.1. The molecule has 0 aromatic carbocycles. The Balaban J connectivity index is 1.87. The largest absolute Gasteiger partial charge is 0.0996 e. The summed E-state index contributed by atoms with van der Waals surface area (Å²) in [6.07, 6.45) is 7.03. The second-order valence-corrected chi connectivity index (χ2v) is 8.21. The molecule has 96 valence electrons. The van der Waals surface area contributed by atoms with E-state index in [0.29, 0.717) is 10.8 Å². The Hall–Kier alpha value is -0.260. The zero-order valence-corrected chi connectivity index (χ0v) is 12.1. The van der Waals surface area contributed by atoms with E-state index in [4.69, 9.17) is 0 Å². The van der Waals surface area contributed by atoms with Crippen molar-refractivity contribution >= 4 is 0 Å². The van der Waals surface area contributed by atoms with E-state index in [1.165, 1.54) is 32.1 Å². The summed E-state index contributed by atoms with van der Waals surface area (Å²) in [5.41, 5.74) is 2.78. The second-order valence-electron chi connectivity index (χ2n) is 8.21. The maximum Gasteiger partial charge on any atom is -0.0172 e. The average Bonchev–Trinajstić information content (AvgIpc) is 2.54. The molecule has 0 N–H and O–H groups in total. The van der Waals surface area contributed by atoms with E-state index in [-0.39, 0.29) is 0 Å². The van der Waals surface area contributed by atoms with E-state index in [0.717, 1.165) is 23.7 Å². The molecular formula is C17H28. The van der Waals surface area contributed by atoms with Crippen molar-refractivity contribution in [2.75, 3.05) is 0 Å². The highest BCUT2D eigenvalue weighted by Gasteiger charge is 2.60. The first kappa shape index (κ1) is 11.8. The van der Waals surface area contributed by atoms with Crippen LogP contribution in [0.4, 0.5) is 0 Å². The van der Waals surface area contributed by atoms with Crippen LogP contribution in [0.15, 0.2) is 12.2 Å². The molecule has 0 bridgehead atoms. The molecule has 0 aliphatic heterocycles. The Bertz CT molecular complexity index is 347. The fourth-order valence-corrected chi connectivity index (χ4v) is 5.13. The van der Waals surface area contributed by atoms with Gasteiger partial charge in [-0.05, 0) is 66.6 Å². The van der Waals surface area contributed by atoms with Gasteiger partial charge in [-0.15, -0.1) is 0 Å². The molecule has 3 fully saturated rings. The molecule has 0 heterocycles. The number of allylic oxidation sites excluding steroid dienone is 1. The van der Waals surface area contributed by atoms with Crippen molar-refractivity contribution in [3.05, 3.63) is 12.2 Å². The summed E-state index contributed by atoms with van der Waals surface area (Å²) in [6, 6.07) is 0. The lowest BCUT2D eigenvalue weighted by Gasteiger charge is -2.33. The third-order valence-corrected chi connectivity index (χ3v) is 6.69. The first-order valence-electron chi connectivity index (χ1n) is 7.52. The normalized spacial score (nSPS) is 46.7. The van der Waals surface area contributed by atoms with Crippen LogP contribution in [0.2, 0.25) is 0 Å². The third-order valence-electron chi connectivity index (χ3n) is 6.69. The summed E-state index contributed by atoms with van der Waals surface area (Å²) in [4.78, 5) is 0. The van der Waals surface area contributed by atoms with Gasteiger partial charge < -0.3 is 0 Å². The lowest BCUT2D eigenvalue weighted by Crippen LogP contribution is -2.25. The predicted molar refractivity (Wildman–Crippen MR) is 73.7 cm³/mol. The van der Waals surface area contributed by atoms with Gasteiger partial charge in [0.25, 0.3) is 0 Å². The minimum atomic E-state index is 0.564. The van der Waals surface area contributed by atoms with Gasteiger partial charge in [0.05, 0.1) is 0 Å². The molecule has 4 atom stereocenters. The molecular weight excluding hydrogens is 204 g/mol. The Labute approximate surface area is 107 Å². The molecule has 17 heavy (non-hydrogen) atoms. The number of fused-ring (bicyclic) bond motifs is 2. The van der Waals surface area contributed by atoms with Crippen molar-refractivity contribution < 1.29 is 0 Å². The number of hydrogen-bond donors (Lipinski definition) is 0. The molecule has 3 saturated carbocycles. The molecule has 4 unspecified atom stereocenters. The van der Waals surface area contributed by atoms with E-state index in [1.807, 2.05) is 0 Å². The number of rotatable bonds is 0. The molecule has 0 heteroatoms. The summed E-state index contributed by atoms with van der Waals surface area (Å²) in [5.74, 6) is 3.78. The predicted octanol–water partition coefficient (Wildman–Crippen LogP) is 5.05. The molecule has 0 aromatic rings. The Morgan fingerprint density at radius 2 is 1.71 bits per heavy atom. The van der Waals surface area contributed by atoms with Gasteiger partial charge in [0.15, 0.2) is 0 Å². The summed E-state index contributed by atoms with van der Waals surface area (Å²) >= 11 is 0.